The summed E-state index contributed by atoms with van der Waals surface area (Å²) in [4.78, 5) is 19.9. The number of ether oxygens (including phenoxy) is 1. The fraction of sp³-hybridized carbons (Fsp3) is 0.692. The number of fused-ring (bicyclic) bond motifs is 1. The van der Waals surface area contributed by atoms with Gasteiger partial charge in [-0.15, -0.1) is 0 Å². The molecular weight excluding hydrogens is 290 g/mol. The average Bonchev–Trinajstić information content (AvgIpc) is 2.80. The molecule has 1 unspecified atom stereocenters. The van der Waals surface area contributed by atoms with E-state index in [4.69, 9.17) is 15.6 Å². The van der Waals surface area contributed by atoms with E-state index in [9.17, 15) is 9.90 Å². The van der Waals surface area contributed by atoms with Crippen molar-refractivity contribution in [1.82, 2.24) is 9.55 Å². The average molecular weight is 313 g/mol. The van der Waals surface area contributed by atoms with Gasteiger partial charge in [0.2, 0.25) is 12.4 Å². The molecule has 0 spiro atoms. The topological polar surface area (TPSA) is 117 Å². The summed E-state index contributed by atoms with van der Waals surface area (Å²) >= 11 is 0. The zero-order valence-corrected chi connectivity index (χ0v) is 12.9. The molecule has 1 aromatic rings. The Kier molecular flexibility index (Phi) is 5.22. The third-order valence-electron chi connectivity index (χ3n) is 3.46. The van der Waals surface area contributed by atoms with Gasteiger partial charge in [0.05, 0.1) is 13.3 Å². The van der Waals surface area contributed by atoms with Crippen molar-refractivity contribution in [2.24, 2.45) is 0 Å². The maximum absolute atomic E-state index is 12.5. The van der Waals surface area contributed by atoms with Crippen LogP contribution in [0.3, 0.4) is 0 Å². The maximum Gasteiger partial charge on any atom is 0.280 e. The molecular formula is C13H23N5O4. The molecule has 0 aliphatic carbocycles. The first kappa shape index (κ1) is 16.5. The van der Waals surface area contributed by atoms with Crippen molar-refractivity contribution in [3.05, 3.63) is 10.4 Å². The van der Waals surface area contributed by atoms with Crippen molar-refractivity contribution in [3.63, 3.8) is 0 Å². The molecule has 2 rings (SSSR count). The number of nitrogens with two attached hydrogens (primary N) is 1. The Labute approximate surface area is 128 Å². The van der Waals surface area contributed by atoms with Crippen molar-refractivity contribution in [1.29, 1.82) is 0 Å². The number of aliphatic hydroxyl groups is 2. The predicted octanol–water partition coefficient (Wildman–Crippen LogP) is -0.876. The number of hydrogen-bond donors (Lipinski definition) is 3. The zero-order valence-electron chi connectivity index (χ0n) is 12.9. The molecule has 0 bridgehead atoms. The Hall–Kier alpha value is -1.84. The highest BCUT2D eigenvalue weighted by molar-refractivity contribution is 5.72. The van der Waals surface area contributed by atoms with Crippen molar-refractivity contribution >= 4 is 17.5 Å². The van der Waals surface area contributed by atoms with Gasteiger partial charge in [-0.1, -0.05) is 6.92 Å². The monoisotopic (exact) mass is 313 g/mol. The van der Waals surface area contributed by atoms with E-state index >= 15 is 0 Å². The summed E-state index contributed by atoms with van der Waals surface area (Å²) in [6.45, 7) is 2.90. The number of rotatable bonds is 7. The Balaban J connectivity index is 2.31. The summed E-state index contributed by atoms with van der Waals surface area (Å²) in [5.74, 6) is 0.433. The van der Waals surface area contributed by atoms with E-state index in [-0.39, 0.29) is 31.4 Å². The van der Waals surface area contributed by atoms with Crippen LogP contribution in [0, 0.1) is 0 Å². The van der Waals surface area contributed by atoms with Crippen LogP contribution in [0.1, 0.15) is 19.8 Å². The van der Waals surface area contributed by atoms with E-state index < -0.39 is 6.41 Å². The van der Waals surface area contributed by atoms with E-state index in [0.717, 1.165) is 6.42 Å². The first-order chi connectivity index (χ1) is 10.5. The van der Waals surface area contributed by atoms with Crippen LogP contribution in [0.4, 0.5) is 17.5 Å². The van der Waals surface area contributed by atoms with Crippen molar-refractivity contribution in [3.8, 4) is 0 Å². The third-order valence-corrected chi connectivity index (χ3v) is 3.46. The van der Waals surface area contributed by atoms with Gasteiger partial charge >= 0.3 is 0 Å². The standard InChI is InChI=1S/C13H23N5O4/c1-3-5-17-11(20)9-10(15-12(17)14)18(8-16(9)2)13(21)22-7-4-6-19/h13,19,21H,3-8H2,1-2H3,(H2,14,15). The summed E-state index contributed by atoms with van der Waals surface area (Å²) in [6.07, 6.45) is -0.0600. The van der Waals surface area contributed by atoms with Crippen molar-refractivity contribution in [2.75, 3.05) is 42.5 Å². The lowest BCUT2D eigenvalue weighted by molar-refractivity contribution is -0.101. The van der Waals surface area contributed by atoms with Gasteiger partial charge in [-0.2, -0.15) is 4.98 Å². The van der Waals surface area contributed by atoms with Crippen molar-refractivity contribution in [2.45, 2.75) is 32.7 Å². The van der Waals surface area contributed by atoms with Crippen LogP contribution in [0.5, 0.6) is 0 Å². The molecule has 0 fully saturated rings. The minimum atomic E-state index is -1.25. The van der Waals surface area contributed by atoms with E-state index in [1.165, 1.54) is 9.47 Å². The van der Waals surface area contributed by atoms with Gasteiger partial charge in [-0.25, -0.2) is 0 Å². The maximum atomic E-state index is 12.5. The number of nitrogen functional groups attached to an aromatic ring is 1. The third kappa shape index (κ3) is 3.01. The first-order valence-electron chi connectivity index (χ1n) is 7.29. The van der Waals surface area contributed by atoms with E-state index in [1.807, 2.05) is 6.92 Å². The van der Waals surface area contributed by atoms with Gasteiger partial charge in [0.25, 0.3) is 5.56 Å². The van der Waals surface area contributed by atoms with Gasteiger partial charge < -0.3 is 25.6 Å². The molecule has 2 heterocycles. The lowest BCUT2D eigenvalue weighted by Crippen LogP contribution is -2.39. The predicted molar refractivity (Wildman–Crippen MR) is 82.6 cm³/mol. The van der Waals surface area contributed by atoms with Crippen LogP contribution >= 0.6 is 0 Å². The molecule has 1 aromatic heterocycles. The smallest absolute Gasteiger partial charge is 0.280 e. The number of nitrogens with zero attached hydrogens (tertiary/aromatic N) is 4. The minimum Gasteiger partial charge on any atom is -0.396 e. The van der Waals surface area contributed by atoms with Crippen molar-refractivity contribution < 1.29 is 14.9 Å². The van der Waals surface area contributed by atoms with Gasteiger partial charge in [0.15, 0.2) is 5.82 Å². The largest absolute Gasteiger partial charge is 0.396 e. The molecule has 9 heteroatoms. The molecule has 9 nitrogen and oxygen atoms in total. The molecule has 124 valence electrons. The Morgan fingerprint density at radius 3 is 2.86 bits per heavy atom. The summed E-state index contributed by atoms with van der Waals surface area (Å²) in [5, 5.41) is 18.8. The molecule has 0 saturated carbocycles. The lowest BCUT2D eigenvalue weighted by Gasteiger charge is -2.24. The van der Waals surface area contributed by atoms with Crippen LogP contribution < -0.4 is 21.1 Å². The lowest BCUT2D eigenvalue weighted by atomic mass is 10.4. The highest BCUT2D eigenvalue weighted by Gasteiger charge is 2.34. The summed E-state index contributed by atoms with van der Waals surface area (Å²) in [5.41, 5.74) is 6.03. The van der Waals surface area contributed by atoms with Gasteiger partial charge in [-0.3, -0.25) is 14.3 Å². The summed E-state index contributed by atoms with van der Waals surface area (Å²) < 4.78 is 6.66. The molecule has 1 aliphatic heterocycles. The minimum absolute atomic E-state index is 0.0177. The molecule has 0 amide bonds. The Morgan fingerprint density at radius 1 is 1.50 bits per heavy atom. The first-order valence-corrected chi connectivity index (χ1v) is 7.29. The van der Waals surface area contributed by atoms with Crippen LogP contribution in [0.15, 0.2) is 4.79 Å². The van der Waals surface area contributed by atoms with Gasteiger partial charge in [-0.05, 0) is 12.8 Å². The zero-order chi connectivity index (χ0) is 16.3. The number of anilines is 3. The number of aromatic nitrogens is 2. The quantitative estimate of drug-likeness (QED) is 0.439. The van der Waals surface area contributed by atoms with E-state index in [0.29, 0.717) is 24.5 Å². The molecule has 0 aromatic carbocycles. The highest BCUT2D eigenvalue weighted by Crippen LogP contribution is 2.31. The molecule has 4 N–H and O–H groups in total. The van der Waals surface area contributed by atoms with Gasteiger partial charge in [0.1, 0.15) is 5.69 Å². The summed E-state index contributed by atoms with van der Waals surface area (Å²) in [7, 11) is 1.74. The molecule has 0 saturated heterocycles. The second-order valence-corrected chi connectivity index (χ2v) is 5.18. The van der Waals surface area contributed by atoms with Crippen LogP contribution in [0.25, 0.3) is 0 Å². The van der Waals surface area contributed by atoms with E-state index in [2.05, 4.69) is 4.98 Å². The van der Waals surface area contributed by atoms with Crippen LogP contribution in [-0.2, 0) is 11.3 Å². The Bertz CT molecular complexity index is 576. The fourth-order valence-corrected chi connectivity index (χ4v) is 2.41. The Morgan fingerprint density at radius 2 is 2.23 bits per heavy atom. The fourth-order valence-electron chi connectivity index (χ4n) is 2.41. The van der Waals surface area contributed by atoms with Crippen LogP contribution in [0.2, 0.25) is 0 Å². The normalized spacial score (nSPS) is 15.3. The second-order valence-electron chi connectivity index (χ2n) is 5.18. The number of hydrogen-bond acceptors (Lipinski definition) is 8. The van der Waals surface area contributed by atoms with Gasteiger partial charge in [0, 0.05) is 20.2 Å². The second kappa shape index (κ2) is 6.95. The summed E-state index contributed by atoms with van der Waals surface area (Å²) in [6, 6.07) is 0. The molecule has 1 atom stereocenters. The molecule has 22 heavy (non-hydrogen) atoms. The highest BCUT2D eigenvalue weighted by atomic mass is 16.6. The molecule has 0 radical (unpaired) electrons. The number of aliphatic hydroxyl groups excluding tert-OH is 2. The molecule has 1 aliphatic rings. The van der Waals surface area contributed by atoms with Crippen LogP contribution in [-0.4, -0.2) is 53.1 Å². The van der Waals surface area contributed by atoms with E-state index in [1.54, 1.807) is 11.9 Å². The SMILES string of the molecule is CCCn1c(N)nc2c(c1=O)N(C)CN2C(O)OCCCO.